The number of hydrogen-bond donors (Lipinski definition) is 3. The standard InChI is InChI=1S/C19H24N4O3/c1-22(2)12-8-9-14(19(26)21-11-17(24)25)15(10-12)13-6-5-7-16(18(13)20)23(3)4/h5-10H,11,20H2,1-4H3,(H,21,26)(H,24,25). The van der Waals surface area contributed by atoms with E-state index in [1.165, 1.54) is 0 Å². The van der Waals surface area contributed by atoms with Crippen molar-refractivity contribution in [2.24, 2.45) is 0 Å². The molecule has 0 aromatic heterocycles. The summed E-state index contributed by atoms with van der Waals surface area (Å²) < 4.78 is 0. The highest BCUT2D eigenvalue weighted by atomic mass is 16.4. The van der Waals surface area contributed by atoms with Gasteiger partial charge in [-0.15, -0.1) is 0 Å². The van der Waals surface area contributed by atoms with Crippen molar-refractivity contribution in [2.45, 2.75) is 0 Å². The van der Waals surface area contributed by atoms with Crippen molar-refractivity contribution in [3.8, 4) is 11.1 Å². The Kier molecular flexibility index (Phi) is 5.71. The number of benzene rings is 2. The molecule has 0 atom stereocenters. The number of nitrogens with two attached hydrogens (primary N) is 1. The van der Waals surface area contributed by atoms with Gasteiger partial charge in [0.15, 0.2) is 0 Å². The monoisotopic (exact) mass is 356 g/mol. The summed E-state index contributed by atoms with van der Waals surface area (Å²) in [6.45, 7) is -0.444. The molecular weight excluding hydrogens is 332 g/mol. The minimum Gasteiger partial charge on any atom is -0.480 e. The normalized spacial score (nSPS) is 10.3. The van der Waals surface area contributed by atoms with Crippen LogP contribution in [-0.2, 0) is 4.79 Å². The number of aliphatic carboxylic acids is 1. The molecule has 0 radical (unpaired) electrons. The fourth-order valence-electron chi connectivity index (χ4n) is 2.66. The summed E-state index contributed by atoms with van der Waals surface area (Å²) in [7, 11) is 7.60. The van der Waals surface area contributed by atoms with E-state index < -0.39 is 18.4 Å². The summed E-state index contributed by atoms with van der Waals surface area (Å²) in [5, 5.41) is 11.2. The number of nitrogens with zero attached hydrogens (tertiary/aromatic N) is 2. The number of anilines is 3. The van der Waals surface area contributed by atoms with Gasteiger partial charge in [0.2, 0.25) is 0 Å². The third kappa shape index (κ3) is 4.05. The zero-order chi connectivity index (χ0) is 19.4. The van der Waals surface area contributed by atoms with Crippen LogP contribution in [0.3, 0.4) is 0 Å². The molecule has 7 heteroatoms. The van der Waals surface area contributed by atoms with E-state index in [1.54, 1.807) is 6.07 Å². The predicted molar refractivity (Wildman–Crippen MR) is 105 cm³/mol. The summed E-state index contributed by atoms with van der Waals surface area (Å²) in [4.78, 5) is 27.1. The Bertz CT molecular complexity index is 832. The number of carboxylic acids is 1. The maximum Gasteiger partial charge on any atom is 0.322 e. The van der Waals surface area contributed by atoms with Crippen molar-refractivity contribution in [1.82, 2.24) is 5.32 Å². The lowest BCUT2D eigenvalue weighted by molar-refractivity contribution is -0.135. The second-order valence-electron chi connectivity index (χ2n) is 6.33. The Balaban J connectivity index is 2.61. The SMILES string of the molecule is CN(C)c1ccc(C(=O)NCC(=O)O)c(-c2cccc(N(C)C)c2N)c1. The quantitative estimate of drug-likeness (QED) is 0.684. The first-order valence-corrected chi connectivity index (χ1v) is 8.10. The van der Waals surface area contributed by atoms with Crippen LogP contribution in [0.4, 0.5) is 17.1 Å². The molecule has 0 heterocycles. The lowest BCUT2D eigenvalue weighted by atomic mass is 9.96. The second-order valence-corrected chi connectivity index (χ2v) is 6.33. The first kappa shape index (κ1) is 19.1. The second kappa shape index (κ2) is 7.77. The predicted octanol–water partition coefficient (Wildman–Crippen LogP) is 1.88. The highest BCUT2D eigenvalue weighted by Gasteiger charge is 2.18. The number of nitrogen functional groups attached to an aromatic ring is 1. The molecule has 1 amide bonds. The van der Waals surface area contributed by atoms with Crippen LogP contribution in [0, 0.1) is 0 Å². The molecule has 0 unspecified atom stereocenters. The van der Waals surface area contributed by atoms with Gasteiger partial charge in [0.05, 0.1) is 11.4 Å². The van der Waals surface area contributed by atoms with E-state index >= 15 is 0 Å². The number of carboxylic acid groups (broad SMARTS) is 1. The maximum absolute atomic E-state index is 12.5. The number of para-hydroxylation sites is 1. The van der Waals surface area contributed by atoms with Gasteiger partial charge in [-0.1, -0.05) is 12.1 Å². The van der Waals surface area contributed by atoms with Gasteiger partial charge in [0, 0.05) is 45.0 Å². The number of hydrogen-bond acceptors (Lipinski definition) is 5. The van der Waals surface area contributed by atoms with Gasteiger partial charge < -0.3 is 26.0 Å². The van der Waals surface area contributed by atoms with Crippen LogP contribution in [0.2, 0.25) is 0 Å². The molecular formula is C19H24N4O3. The molecule has 7 nitrogen and oxygen atoms in total. The van der Waals surface area contributed by atoms with Gasteiger partial charge in [-0.3, -0.25) is 9.59 Å². The van der Waals surface area contributed by atoms with Crippen molar-refractivity contribution in [3.63, 3.8) is 0 Å². The van der Waals surface area contributed by atoms with E-state index in [0.717, 1.165) is 16.9 Å². The van der Waals surface area contributed by atoms with Gasteiger partial charge in [0.25, 0.3) is 5.91 Å². The number of carbonyl (C=O) groups is 2. The van der Waals surface area contributed by atoms with E-state index in [0.29, 0.717) is 16.8 Å². The summed E-state index contributed by atoms with van der Waals surface area (Å²) in [5.74, 6) is -1.55. The number of amides is 1. The highest BCUT2D eigenvalue weighted by molar-refractivity contribution is 6.04. The molecule has 0 saturated heterocycles. The van der Waals surface area contributed by atoms with Crippen molar-refractivity contribution >= 4 is 28.9 Å². The van der Waals surface area contributed by atoms with Crippen molar-refractivity contribution in [2.75, 3.05) is 50.3 Å². The van der Waals surface area contributed by atoms with E-state index in [2.05, 4.69) is 5.32 Å². The third-order valence-corrected chi connectivity index (χ3v) is 4.02. The smallest absolute Gasteiger partial charge is 0.322 e. The molecule has 4 N–H and O–H groups in total. The fraction of sp³-hybridized carbons (Fsp3) is 0.263. The lowest BCUT2D eigenvalue weighted by Crippen LogP contribution is -2.29. The largest absolute Gasteiger partial charge is 0.480 e. The summed E-state index contributed by atoms with van der Waals surface area (Å²) in [6, 6.07) is 11.0. The van der Waals surface area contributed by atoms with E-state index in [9.17, 15) is 9.59 Å². The average Bonchev–Trinajstić information content (AvgIpc) is 2.59. The first-order valence-electron chi connectivity index (χ1n) is 8.10. The van der Waals surface area contributed by atoms with Gasteiger partial charge in [-0.25, -0.2) is 0 Å². The molecule has 0 saturated carbocycles. The molecule has 0 aliphatic rings. The number of rotatable bonds is 6. The van der Waals surface area contributed by atoms with Crippen molar-refractivity contribution in [1.29, 1.82) is 0 Å². The van der Waals surface area contributed by atoms with Crippen molar-refractivity contribution in [3.05, 3.63) is 42.0 Å². The van der Waals surface area contributed by atoms with Gasteiger partial charge in [-0.05, 0) is 29.8 Å². The van der Waals surface area contributed by atoms with E-state index in [4.69, 9.17) is 10.8 Å². The van der Waals surface area contributed by atoms with Gasteiger partial charge in [-0.2, -0.15) is 0 Å². The van der Waals surface area contributed by atoms with Crippen LogP contribution in [0.25, 0.3) is 11.1 Å². The minimum absolute atomic E-state index is 0.374. The molecule has 138 valence electrons. The molecule has 0 bridgehead atoms. The van der Waals surface area contributed by atoms with Crippen LogP contribution in [0.15, 0.2) is 36.4 Å². The van der Waals surface area contributed by atoms with E-state index in [1.807, 2.05) is 68.3 Å². The van der Waals surface area contributed by atoms with Crippen LogP contribution in [0.5, 0.6) is 0 Å². The summed E-state index contributed by atoms with van der Waals surface area (Å²) >= 11 is 0. The molecule has 0 spiro atoms. The fourth-order valence-corrected chi connectivity index (χ4v) is 2.66. The Morgan fingerprint density at radius 3 is 2.31 bits per heavy atom. The van der Waals surface area contributed by atoms with E-state index in [-0.39, 0.29) is 0 Å². The molecule has 2 aromatic rings. The topological polar surface area (TPSA) is 98.9 Å². The third-order valence-electron chi connectivity index (χ3n) is 4.02. The van der Waals surface area contributed by atoms with Crippen LogP contribution >= 0.6 is 0 Å². The van der Waals surface area contributed by atoms with Crippen LogP contribution in [0.1, 0.15) is 10.4 Å². The molecule has 0 fully saturated rings. The van der Waals surface area contributed by atoms with Crippen molar-refractivity contribution < 1.29 is 14.7 Å². The Hall–Kier alpha value is -3.22. The average molecular weight is 356 g/mol. The Labute approximate surface area is 153 Å². The van der Waals surface area contributed by atoms with Crippen LogP contribution in [-0.4, -0.2) is 51.7 Å². The van der Waals surface area contributed by atoms with Gasteiger partial charge >= 0.3 is 5.97 Å². The Morgan fingerprint density at radius 1 is 1.04 bits per heavy atom. The van der Waals surface area contributed by atoms with Crippen LogP contribution < -0.4 is 20.9 Å². The highest BCUT2D eigenvalue weighted by Crippen LogP contribution is 2.36. The molecule has 26 heavy (non-hydrogen) atoms. The summed E-state index contributed by atoms with van der Waals surface area (Å²) in [6.07, 6.45) is 0. The molecule has 0 aliphatic heterocycles. The molecule has 0 aliphatic carbocycles. The summed E-state index contributed by atoms with van der Waals surface area (Å²) in [5.41, 5.74) is 10.4. The van der Waals surface area contributed by atoms with Gasteiger partial charge in [0.1, 0.15) is 6.54 Å². The number of carbonyl (C=O) groups excluding carboxylic acids is 1. The zero-order valence-electron chi connectivity index (χ0n) is 15.4. The minimum atomic E-state index is -1.10. The first-order chi connectivity index (χ1) is 12.2. The lowest BCUT2D eigenvalue weighted by Gasteiger charge is -2.21. The number of nitrogens with one attached hydrogen (secondary N) is 1. The zero-order valence-corrected chi connectivity index (χ0v) is 15.4. The molecule has 2 aromatic carbocycles. The maximum atomic E-state index is 12.5. The molecule has 2 rings (SSSR count). The Morgan fingerprint density at radius 2 is 1.73 bits per heavy atom.